The molecule has 1 aliphatic heterocycles. The van der Waals surface area contributed by atoms with Crippen LogP contribution in [0.3, 0.4) is 0 Å². The maximum Gasteiger partial charge on any atom is 0.262 e. The number of thioether (sulfide) groups is 1. The molecule has 0 radical (unpaired) electrons. The minimum Gasteiger partial charge on any atom is -0.334 e. The number of hydrogen-bond acceptors (Lipinski definition) is 6. The van der Waals surface area contributed by atoms with Crippen LogP contribution < -0.4 is 0 Å². The van der Waals surface area contributed by atoms with E-state index in [1.165, 1.54) is 12.6 Å². The van der Waals surface area contributed by atoms with Gasteiger partial charge in [-0.05, 0) is 18.6 Å². The van der Waals surface area contributed by atoms with E-state index < -0.39 is 0 Å². The lowest BCUT2D eigenvalue weighted by atomic mass is 10.2. The van der Waals surface area contributed by atoms with Crippen LogP contribution in [0.5, 0.6) is 0 Å². The fourth-order valence-electron chi connectivity index (χ4n) is 1.79. The van der Waals surface area contributed by atoms with Crippen molar-refractivity contribution in [2.75, 3.05) is 5.75 Å². The summed E-state index contributed by atoms with van der Waals surface area (Å²) >= 11 is 1.84. The summed E-state index contributed by atoms with van der Waals surface area (Å²) in [5.74, 6) is 2.22. The summed E-state index contributed by atoms with van der Waals surface area (Å²) in [4.78, 5) is 4.33. The van der Waals surface area contributed by atoms with Gasteiger partial charge in [0.25, 0.3) is 5.89 Å². The summed E-state index contributed by atoms with van der Waals surface area (Å²) in [6.45, 7) is 0. The highest BCUT2D eigenvalue weighted by molar-refractivity contribution is 7.99. The SMILES string of the molecule is N#Cc1[nH]ncc1-c1nc(C2CCCS2)no1. The highest BCUT2D eigenvalue weighted by Gasteiger charge is 2.24. The van der Waals surface area contributed by atoms with Crippen LogP contribution in [0, 0.1) is 11.3 Å². The number of hydrogen-bond donors (Lipinski definition) is 1. The van der Waals surface area contributed by atoms with Gasteiger partial charge in [-0.25, -0.2) is 0 Å². The molecule has 17 heavy (non-hydrogen) atoms. The minimum atomic E-state index is 0.324. The van der Waals surface area contributed by atoms with E-state index in [4.69, 9.17) is 9.78 Å². The van der Waals surface area contributed by atoms with E-state index in [1.807, 2.05) is 17.8 Å². The van der Waals surface area contributed by atoms with E-state index >= 15 is 0 Å². The summed E-state index contributed by atoms with van der Waals surface area (Å²) < 4.78 is 5.18. The molecule has 0 amide bonds. The predicted octanol–water partition coefficient (Wildman–Crippen LogP) is 1.90. The number of aromatic amines is 1. The number of nitriles is 1. The largest absolute Gasteiger partial charge is 0.334 e. The fourth-order valence-corrected chi connectivity index (χ4v) is 2.99. The topological polar surface area (TPSA) is 91.4 Å². The lowest BCUT2D eigenvalue weighted by Crippen LogP contribution is -1.91. The molecule has 0 spiro atoms. The van der Waals surface area contributed by atoms with E-state index in [1.54, 1.807) is 0 Å². The first kappa shape index (κ1) is 10.4. The lowest BCUT2D eigenvalue weighted by molar-refractivity contribution is 0.421. The van der Waals surface area contributed by atoms with Gasteiger partial charge in [-0.15, -0.1) is 0 Å². The van der Waals surface area contributed by atoms with Gasteiger partial charge in [0.2, 0.25) is 0 Å². The van der Waals surface area contributed by atoms with Gasteiger partial charge in [0, 0.05) is 0 Å². The molecule has 86 valence electrons. The van der Waals surface area contributed by atoms with Gasteiger partial charge in [-0.3, -0.25) is 5.10 Å². The molecule has 0 bridgehead atoms. The maximum absolute atomic E-state index is 8.87. The van der Waals surface area contributed by atoms with Crippen molar-refractivity contribution < 1.29 is 4.52 Å². The van der Waals surface area contributed by atoms with Gasteiger partial charge in [0.15, 0.2) is 5.82 Å². The Morgan fingerprint density at radius 2 is 2.53 bits per heavy atom. The van der Waals surface area contributed by atoms with Crippen LogP contribution in [0.15, 0.2) is 10.7 Å². The third-order valence-electron chi connectivity index (χ3n) is 2.64. The van der Waals surface area contributed by atoms with Crippen LogP contribution in [-0.2, 0) is 0 Å². The highest BCUT2D eigenvalue weighted by Crippen LogP contribution is 2.38. The Hall–Kier alpha value is -1.81. The van der Waals surface area contributed by atoms with Crippen molar-refractivity contribution in [1.29, 1.82) is 5.26 Å². The zero-order valence-corrected chi connectivity index (χ0v) is 9.70. The van der Waals surface area contributed by atoms with Crippen LogP contribution in [0.25, 0.3) is 11.5 Å². The monoisotopic (exact) mass is 247 g/mol. The molecule has 1 saturated heterocycles. The second-order valence-corrected chi connectivity index (χ2v) is 5.04. The van der Waals surface area contributed by atoms with E-state index in [0.29, 0.717) is 28.2 Å². The lowest BCUT2D eigenvalue weighted by Gasteiger charge is -1.98. The van der Waals surface area contributed by atoms with Crippen LogP contribution in [-0.4, -0.2) is 26.1 Å². The molecule has 1 unspecified atom stereocenters. The number of rotatable bonds is 2. The third-order valence-corrected chi connectivity index (χ3v) is 4.01. The highest BCUT2D eigenvalue weighted by atomic mass is 32.2. The Morgan fingerprint density at radius 1 is 1.59 bits per heavy atom. The average Bonchev–Trinajstić information content (AvgIpc) is 3.09. The molecule has 1 atom stereocenters. The van der Waals surface area contributed by atoms with Gasteiger partial charge < -0.3 is 4.52 Å². The third kappa shape index (κ3) is 1.80. The van der Waals surface area contributed by atoms with Crippen molar-refractivity contribution in [2.45, 2.75) is 18.1 Å². The van der Waals surface area contributed by atoms with Gasteiger partial charge >= 0.3 is 0 Å². The molecule has 0 aromatic carbocycles. The zero-order chi connectivity index (χ0) is 11.7. The van der Waals surface area contributed by atoms with E-state index in [0.717, 1.165) is 12.2 Å². The maximum atomic E-state index is 8.87. The van der Waals surface area contributed by atoms with Gasteiger partial charge in [0.05, 0.1) is 17.0 Å². The summed E-state index contributed by atoms with van der Waals surface area (Å²) in [6.07, 6.45) is 3.80. The quantitative estimate of drug-likeness (QED) is 0.871. The Bertz CT molecular complexity index is 563. The number of H-pyrrole nitrogens is 1. The Balaban J connectivity index is 1.92. The van der Waals surface area contributed by atoms with Gasteiger partial charge in [-0.2, -0.15) is 27.1 Å². The fraction of sp³-hybridized carbons (Fsp3) is 0.400. The van der Waals surface area contributed by atoms with Crippen molar-refractivity contribution in [2.24, 2.45) is 0 Å². The zero-order valence-electron chi connectivity index (χ0n) is 8.88. The molecule has 6 nitrogen and oxygen atoms in total. The Labute approximate surface area is 101 Å². The van der Waals surface area contributed by atoms with Crippen molar-refractivity contribution in [3.63, 3.8) is 0 Å². The summed E-state index contributed by atoms with van der Waals surface area (Å²) in [7, 11) is 0. The van der Waals surface area contributed by atoms with Gasteiger partial charge in [0.1, 0.15) is 11.8 Å². The molecule has 2 aromatic heterocycles. The first-order valence-corrected chi connectivity index (χ1v) is 6.32. The summed E-state index contributed by atoms with van der Waals surface area (Å²) in [5, 5.41) is 19.6. The summed E-state index contributed by atoms with van der Waals surface area (Å²) in [6, 6.07) is 2.00. The summed E-state index contributed by atoms with van der Waals surface area (Å²) in [5.41, 5.74) is 0.911. The molecule has 1 fully saturated rings. The predicted molar refractivity (Wildman–Crippen MR) is 61.0 cm³/mol. The smallest absolute Gasteiger partial charge is 0.262 e. The molecule has 0 aliphatic carbocycles. The minimum absolute atomic E-state index is 0.324. The van der Waals surface area contributed by atoms with Crippen LogP contribution >= 0.6 is 11.8 Å². The molecular formula is C10H9N5OS. The molecule has 1 aliphatic rings. The number of nitrogens with one attached hydrogen (secondary N) is 1. The molecule has 1 N–H and O–H groups in total. The van der Waals surface area contributed by atoms with Crippen LogP contribution in [0.2, 0.25) is 0 Å². The van der Waals surface area contributed by atoms with E-state index in [2.05, 4.69) is 20.3 Å². The molecule has 3 rings (SSSR count). The average molecular weight is 247 g/mol. The van der Waals surface area contributed by atoms with Crippen molar-refractivity contribution in [3.05, 3.63) is 17.7 Å². The standard InChI is InChI=1S/C10H9N5OS/c11-4-7-6(5-12-14-7)10-13-9(15-16-10)8-2-1-3-17-8/h5,8H,1-3H2,(H,12,14). The van der Waals surface area contributed by atoms with E-state index in [-0.39, 0.29) is 0 Å². The Morgan fingerprint density at radius 3 is 3.29 bits per heavy atom. The Kier molecular flexibility index (Phi) is 2.57. The molecule has 2 aromatic rings. The molecule has 0 saturated carbocycles. The van der Waals surface area contributed by atoms with Crippen molar-refractivity contribution in [3.8, 4) is 17.5 Å². The van der Waals surface area contributed by atoms with Gasteiger partial charge in [-0.1, -0.05) is 5.16 Å². The first-order valence-electron chi connectivity index (χ1n) is 5.27. The number of aromatic nitrogens is 4. The molecular weight excluding hydrogens is 238 g/mol. The van der Waals surface area contributed by atoms with E-state index in [9.17, 15) is 0 Å². The second kappa shape index (κ2) is 4.22. The first-order chi connectivity index (χ1) is 8.38. The van der Waals surface area contributed by atoms with Crippen LogP contribution in [0.1, 0.15) is 29.6 Å². The molecule has 7 heteroatoms. The molecule has 3 heterocycles. The van der Waals surface area contributed by atoms with Crippen molar-refractivity contribution in [1.82, 2.24) is 20.3 Å². The number of nitrogens with zero attached hydrogens (tertiary/aromatic N) is 4. The van der Waals surface area contributed by atoms with Crippen LogP contribution in [0.4, 0.5) is 0 Å². The second-order valence-electron chi connectivity index (χ2n) is 3.73. The van der Waals surface area contributed by atoms with Crippen molar-refractivity contribution >= 4 is 11.8 Å². The normalized spacial score (nSPS) is 19.4.